The summed E-state index contributed by atoms with van der Waals surface area (Å²) in [6, 6.07) is -0.650. The highest BCUT2D eigenvalue weighted by molar-refractivity contribution is 7.09. The number of methoxy groups -OCH3 is 1. The molecule has 0 bridgehead atoms. The smallest absolute Gasteiger partial charge is 0.357 e. The molecule has 1 rings (SSSR count). The van der Waals surface area contributed by atoms with Gasteiger partial charge in [-0.1, -0.05) is 39.2 Å². The third-order valence-corrected chi connectivity index (χ3v) is 6.11. The molecule has 1 heterocycles. The van der Waals surface area contributed by atoms with Crippen molar-refractivity contribution in [3.05, 3.63) is 26.5 Å². The van der Waals surface area contributed by atoms with Gasteiger partial charge in [-0.15, -0.1) is 11.3 Å². The number of aromatic nitrogens is 1. The Morgan fingerprint density at radius 1 is 1.31 bits per heavy atom. The molecule has 4 atom stereocenters. The highest BCUT2D eigenvalue weighted by Crippen LogP contribution is 2.33. The number of thiazole rings is 1. The number of carbonyl (C=O) groups is 2. The SMILES string of the molecule is CCO[C@H](C[C@@H](CC(=O)[C@@H](N=[N+]=[N-])C(C)CC)C(C)C)c1nc(C(=O)OC)cs1. The van der Waals surface area contributed by atoms with Gasteiger partial charge in [0.25, 0.3) is 0 Å². The summed E-state index contributed by atoms with van der Waals surface area (Å²) >= 11 is 1.35. The van der Waals surface area contributed by atoms with Gasteiger partial charge in [0.15, 0.2) is 5.69 Å². The summed E-state index contributed by atoms with van der Waals surface area (Å²) < 4.78 is 10.6. The molecule has 0 radical (unpaired) electrons. The predicted octanol–water partition coefficient (Wildman–Crippen LogP) is 5.35. The average molecular weight is 425 g/mol. The summed E-state index contributed by atoms with van der Waals surface area (Å²) in [5.41, 5.74) is 9.11. The molecule has 9 heteroatoms. The monoisotopic (exact) mass is 424 g/mol. The molecular weight excluding hydrogens is 392 g/mol. The maximum atomic E-state index is 12.9. The van der Waals surface area contributed by atoms with E-state index in [0.29, 0.717) is 24.5 Å². The lowest BCUT2D eigenvalue weighted by molar-refractivity contribution is -0.123. The van der Waals surface area contributed by atoms with Crippen LogP contribution in [0.1, 0.15) is 75.5 Å². The predicted molar refractivity (Wildman–Crippen MR) is 113 cm³/mol. The second-order valence-corrected chi connectivity index (χ2v) is 8.34. The zero-order valence-corrected chi connectivity index (χ0v) is 18.9. The van der Waals surface area contributed by atoms with Crippen LogP contribution in [0.2, 0.25) is 0 Å². The van der Waals surface area contributed by atoms with Gasteiger partial charge >= 0.3 is 5.97 Å². The second kappa shape index (κ2) is 12.6. The summed E-state index contributed by atoms with van der Waals surface area (Å²) in [5.74, 6) is -0.268. The standard InChI is InChI=1S/C20H32N4O4S/c1-7-13(5)18(23-24-21)16(25)9-14(12(3)4)10-17(28-8-2)19-22-15(11-29-19)20(26)27-6/h11-14,17-18H,7-10H2,1-6H3/t13?,14-,17-,18+/m1/s1. The first-order valence-electron chi connectivity index (χ1n) is 10.0. The number of ether oxygens (including phenoxy) is 2. The number of nitrogens with zero attached hydrogens (tertiary/aromatic N) is 4. The fourth-order valence-electron chi connectivity index (χ4n) is 3.09. The van der Waals surface area contributed by atoms with Crippen molar-refractivity contribution in [2.45, 2.75) is 66.0 Å². The van der Waals surface area contributed by atoms with Crippen LogP contribution in [-0.2, 0) is 14.3 Å². The lowest BCUT2D eigenvalue weighted by Gasteiger charge is -2.27. The summed E-state index contributed by atoms with van der Waals surface area (Å²) in [5, 5.41) is 6.10. The van der Waals surface area contributed by atoms with E-state index in [-0.39, 0.29) is 35.3 Å². The van der Waals surface area contributed by atoms with E-state index in [0.717, 1.165) is 6.42 Å². The van der Waals surface area contributed by atoms with Gasteiger partial charge < -0.3 is 9.47 Å². The number of rotatable bonds is 13. The van der Waals surface area contributed by atoms with Gasteiger partial charge in [-0.3, -0.25) is 4.79 Å². The Morgan fingerprint density at radius 2 is 2.00 bits per heavy atom. The van der Waals surface area contributed by atoms with Gasteiger partial charge in [-0.2, -0.15) is 0 Å². The van der Waals surface area contributed by atoms with Crippen molar-refractivity contribution in [1.29, 1.82) is 0 Å². The molecule has 0 aromatic carbocycles. The molecule has 0 aliphatic carbocycles. The van der Waals surface area contributed by atoms with E-state index in [9.17, 15) is 9.59 Å². The Balaban J connectivity index is 3.00. The maximum Gasteiger partial charge on any atom is 0.357 e. The molecule has 29 heavy (non-hydrogen) atoms. The second-order valence-electron chi connectivity index (χ2n) is 7.45. The van der Waals surface area contributed by atoms with Gasteiger partial charge in [-0.05, 0) is 36.6 Å². The van der Waals surface area contributed by atoms with Crippen LogP contribution in [0.5, 0.6) is 0 Å². The largest absolute Gasteiger partial charge is 0.464 e. The maximum absolute atomic E-state index is 12.9. The number of hydrogen-bond donors (Lipinski definition) is 0. The topological polar surface area (TPSA) is 114 Å². The van der Waals surface area contributed by atoms with Crippen LogP contribution >= 0.6 is 11.3 Å². The highest BCUT2D eigenvalue weighted by Gasteiger charge is 2.30. The van der Waals surface area contributed by atoms with Crippen molar-refractivity contribution in [2.24, 2.45) is 22.9 Å². The number of hydrogen-bond acceptors (Lipinski definition) is 7. The molecule has 0 saturated heterocycles. The molecule has 0 saturated carbocycles. The first kappa shape index (κ1) is 25.1. The summed E-state index contributed by atoms with van der Waals surface area (Å²) in [4.78, 5) is 31.8. The van der Waals surface area contributed by atoms with Gasteiger partial charge in [-0.25, -0.2) is 9.78 Å². The van der Waals surface area contributed by atoms with Crippen LogP contribution in [0.3, 0.4) is 0 Å². The number of Topliss-reactive ketones (excluding diaryl/α,β-unsaturated/α-hetero) is 1. The van der Waals surface area contributed by atoms with Crippen LogP contribution < -0.4 is 0 Å². The molecule has 0 spiro atoms. The van der Waals surface area contributed by atoms with E-state index in [1.165, 1.54) is 18.4 Å². The first-order chi connectivity index (χ1) is 13.8. The normalized spacial score (nSPS) is 15.3. The minimum atomic E-state index is -0.650. The van der Waals surface area contributed by atoms with E-state index in [2.05, 4.69) is 28.9 Å². The molecular formula is C20H32N4O4S. The lowest BCUT2D eigenvalue weighted by Crippen LogP contribution is -2.29. The molecule has 0 amide bonds. The van der Waals surface area contributed by atoms with Crippen molar-refractivity contribution in [1.82, 2.24) is 4.98 Å². The molecule has 0 fully saturated rings. The zero-order chi connectivity index (χ0) is 22.0. The Hall–Kier alpha value is -1.96. The minimum absolute atomic E-state index is 0.00419. The minimum Gasteiger partial charge on any atom is -0.464 e. The first-order valence-corrected chi connectivity index (χ1v) is 10.9. The fourth-order valence-corrected chi connectivity index (χ4v) is 3.94. The highest BCUT2D eigenvalue weighted by atomic mass is 32.1. The molecule has 0 N–H and O–H groups in total. The van der Waals surface area contributed by atoms with Crippen LogP contribution in [0, 0.1) is 17.8 Å². The summed E-state index contributed by atoms with van der Waals surface area (Å²) in [6.07, 6.45) is 1.35. The quantitative estimate of drug-likeness (QED) is 0.183. The third-order valence-electron chi connectivity index (χ3n) is 5.17. The molecule has 1 aromatic heterocycles. The molecule has 1 aromatic rings. The Bertz CT molecular complexity index is 715. The molecule has 0 aliphatic rings. The van der Waals surface area contributed by atoms with Crippen molar-refractivity contribution in [3.8, 4) is 0 Å². The van der Waals surface area contributed by atoms with Crippen LogP contribution in [0.25, 0.3) is 10.4 Å². The van der Waals surface area contributed by atoms with Crippen molar-refractivity contribution >= 4 is 23.1 Å². The average Bonchev–Trinajstić information content (AvgIpc) is 3.19. The Kier molecular flexibility index (Phi) is 10.9. The number of azide groups is 1. The van der Waals surface area contributed by atoms with Crippen molar-refractivity contribution in [2.75, 3.05) is 13.7 Å². The van der Waals surface area contributed by atoms with Crippen LogP contribution in [-0.4, -0.2) is 36.5 Å². The van der Waals surface area contributed by atoms with Crippen molar-refractivity contribution in [3.63, 3.8) is 0 Å². The van der Waals surface area contributed by atoms with Crippen molar-refractivity contribution < 1.29 is 19.1 Å². The number of carbonyl (C=O) groups excluding carboxylic acids is 2. The van der Waals surface area contributed by atoms with Gasteiger partial charge in [0.1, 0.15) is 16.9 Å². The molecule has 0 aliphatic heterocycles. The lowest BCUT2D eigenvalue weighted by atomic mass is 9.82. The van der Waals surface area contributed by atoms with E-state index < -0.39 is 12.0 Å². The van der Waals surface area contributed by atoms with E-state index in [1.807, 2.05) is 20.8 Å². The number of esters is 1. The summed E-state index contributed by atoms with van der Waals surface area (Å²) in [7, 11) is 1.32. The Morgan fingerprint density at radius 3 is 2.52 bits per heavy atom. The van der Waals surface area contributed by atoms with Gasteiger partial charge in [0.05, 0.1) is 13.2 Å². The fraction of sp³-hybridized carbons (Fsp3) is 0.750. The summed E-state index contributed by atoms with van der Waals surface area (Å²) in [6.45, 7) is 10.4. The van der Waals surface area contributed by atoms with E-state index >= 15 is 0 Å². The van der Waals surface area contributed by atoms with Crippen LogP contribution in [0.4, 0.5) is 0 Å². The third kappa shape index (κ3) is 7.42. The van der Waals surface area contributed by atoms with Crippen LogP contribution in [0.15, 0.2) is 10.5 Å². The molecule has 162 valence electrons. The molecule has 8 nitrogen and oxygen atoms in total. The van der Waals surface area contributed by atoms with E-state index in [1.54, 1.807) is 5.38 Å². The number of ketones is 1. The molecule has 1 unspecified atom stereocenters. The van der Waals surface area contributed by atoms with Gasteiger partial charge in [0, 0.05) is 23.3 Å². The van der Waals surface area contributed by atoms with E-state index in [4.69, 9.17) is 15.0 Å². The zero-order valence-electron chi connectivity index (χ0n) is 18.1. The Labute approximate surface area is 176 Å². The van der Waals surface area contributed by atoms with Gasteiger partial charge in [0.2, 0.25) is 0 Å².